The molecule has 0 aromatic carbocycles. The normalized spacial score (nSPS) is 28.6. The maximum Gasteiger partial charge on any atom is 0.226 e. The Labute approximate surface area is 79.0 Å². The van der Waals surface area contributed by atoms with Gasteiger partial charge in [-0.05, 0) is 34.8 Å². The zero-order valence-corrected chi connectivity index (χ0v) is 8.08. The van der Waals surface area contributed by atoms with Crippen LogP contribution in [0.25, 0.3) is 0 Å². The predicted molar refractivity (Wildman–Crippen MR) is 51.6 cm³/mol. The number of guanidine groups is 1. The van der Waals surface area contributed by atoms with E-state index in [0.717, 1.165) is 17.1 Å². The summed E-state index contributed by atoms with van der Waals surface area (Å²) in [5.74, 6) is 0.877. The van der Waals surface area contributed by atoms with Crippen LogP contribution in [0.5, 0.6) is 0 Å². The van der Waals surface area contributed by atoms with E-state index in [0.29, 0.717) is 5.54 Å². The van der Waals surface area contributed by atoms with Crippen LogP contribution in [0.3, 0.4) is 0 Å². The van der Waals surface area contributed by atoms with E-state index in [2.05, 4.69) is 30.8 Å². The van der Waals surface area contributed by atoms with Crippen molar-refractivity contribution in [2.45, 2.75) is 18.4 Å². The first-order valence-corrected chi connectivity index (χ1v) is 4.86. The molecule has 12 heavy (non-hydrogen) atoms. The lowest BCUT2D eigenvalue weighted by Gasteiger charge is -2.26. The summed E-state index contributed by atoms with van der Waals surface area (Å²) < 4.78 is 1.10. The van der Waals surface area contributed by atoms with Gasteiger partial charge in [0, 0.05) is 6.21 Å². The summed E-state index contributed by atoms with van der Waals surface area (Å²) in [7, 11) is 0. The zero-order chi connectivity index (χ0) is 8.18. The molecule has 3 nitrogen and oxygen atoms in total. The van der Waals surface area contributed by atoms with Gasteiger partial charge in [-0.3, -0.25) is 4.90 Å². The Morgan fingerprint density at radius 3 is 3.08 bits per heavy atom. The van der Waals surface area contributed by atoms with Crippen LogP contribution in [-0.2, 0) is 0 Å². The van der Waals surface area contributed by atoms with E-state index >= 15 is 0 Å². The van der Waals surface area contributed by atoms with Crippen molar-refractivity contribution in [1.82, 2.24) is 4.90 Å². The van der Waals surface area contributed by atoms with E-state index in [1.807, 2.05) is 6.08 Å². The molecule has 1 saturated carbocycles. The number of fused-ring (bicyclic) bond motifs is 2. The maximum absolute atomic E-state index is 4.40. The fraction of sp³-hybridized carbons (Fsp3) is 0.500. The molecule has 62 valence electrons. The van der Waals surface area contributed by atoms with Gasteiger partial charge in [-0.15, -0.1) is 0 Å². The molecule has 1 aliphatic carbocycles. The second-order valence-electron chi connectivity index (χ2n) is 3.44. The van der Waals surface area contributed by atoms with Crippen LogP contribution in [0.1, 0.15) is 12.8 Å². The Morgan fingerprint density at radius 1 is 1.50 bits per heavy atom. The average Bonchev–Trinajstić information content (AvgIpc) is 2.71. The van der Waals surface area contributed by atoms with E-state index in [1.165, 1.54) is 12.8 Å². The first-order valence-electron chi connectivity index (χ1n) is 4.06. The van der Waals surface area contributed by atoms with Crippen LogP contribution < -0.4 is 0 Å². The first-order chi connectivity index (χ1) is 5.82. The van der Waals surface area contributed by atoms with Crippen molar-refractivity contribution in [3.63, 3.8) is 0 Å². The summed E-state index contributed by atoms with van der Waals surface area (Å²) >= 11 is 3.53. The summed E-state index contributed by atoms with van der Waals surface area (Å²) in [5.41, 5.74) is 0.308. The van der Waals surface area contributed by atoms with Gasteiger partial charge >= 0.3 is 0 Å². The highest BCUT2D eigenvalue weighted by Crippen LogP contribution is 2.48. The van der Waals surface area contributed by atoms with E-state index in [1.54, 1.807) is 6.21 Å². The third-order valence-corrected chi connectivity index (χ3v) is 3.25. The molecule has 0 radical (unpaired) electrons. The van der Waals surface area contributed by atoms with Crippen molar-refractivity contribution in [3.8, 4) is 0 Å². The topological polar surface area (TPSA) is 28.0 Å². The van der Waals surface area contributed by atoms with Gasteiger partial charge in [-0.1, -0.05) is 0 Å². The van der Waals surface area contributed by atoms with Crippen molar-refractivity contribution in [1.29, 1.82) is 0 Å². The number of rotatable bonds is 0. The van der Waals surface area contributed by atoms with E-state index in [9.17, 15) is 0 Å². The van der Waals surface area contributed by atoms with Crippen LogP contribution in [0.2, 0.25) is 0 Å². The molecule has 3 aliphatic rings. The molecule has 0 saturated heterocycles. The lowest BCUT2D eigenvalue weighted by molar-refractivity contribution is 0.412. The van der Waals surface area contributed by atoms with Gasteiger partial charge in [-0.25, -0.2) is 9.98 Å². The Hall–Kier alpha value is -0.640. The Morgan fingerprint density at radius 2 is 2.33 bits per heavy atom. The molecule has 0 N–H and O–H groups in total. The van der Waals surface area contributed by atoms with Crippen molar-refractivity contribution in [3.05, 3.63) is 10.7 Å². The second-order valence-corrected chi connectivity index (χ2v) is 4.26. The number of aliphatic imine (C=N–C) groups is 2. The van der Waals surface area contributed by atoms with Crippen molar-refractivity contribution >= 4 is 28.1 Å². The summed E-state index contributed by atoms with van der Waals surface area (Å²) in [5, 5.41) is 0. The van der Waals surface area contributed by atoms with Gasteiger partial charge in [0.25, 0.3) is 0 Å². The molecular weight excluding hydrogens is 218 g/mol. The van der Waals surface area contributed by atoms with Gasteiger partial charge in [-0.2, -0.15) is 0 Å². The largest absolute Gasteiger partial charge is 0.297 e. The Bertz CT molecular complexity index is 325. The standard InChI is InChI=1S/C8H8BrN3/c9-6-1-4-10-7-11-5-8(2-3-8)12(6)7/h1,4H,2-3,5H2. The minimum absolute atomic E-state index is 0.308. The predicted octanol–water partition coefficient (Wildman–Crippen LogP) is 1.51. The van der Waals surface area contributed by atoms with Gasteiger partial charge in [0.1, 0.15) is 0 Å². The van der Waals surface area contributed by atoms with Crippen LogP contribution >= 0.6 is 15.9 Å². The quantitative estimate of drug-likeness (QED) is 0.575. The molecule has 0 bridgehead atoms. The number of hydrogen-bond donors (Lipinski definition) is 0. The maximum atomic E-state index is 4.40. The highest BCUT2D eigenvalue weighted by Gasteiger charge is 2.54. The zero-order valence-electron chi connectivity index (χ0n) is 6.50. The van der Waals surface area contributed by atoms with E-state index in [4.69, 9.17) is 0 Å². The SMILES string of the molecule is BrC1=CC=NC2=NCC3(CC3)N12. The molecule has 2 aliphatic heterocycles. The van der Waals surface area contributed by atoms with Crippen LogP contribution in [0.15, 0.2) is 20.7 Å². The number of halogens is 1. The smallest absolute Gasteiger partial charge is 0.226 e. The molecule has 2 heterocycles. The molecule has 0 amide bonds. The summed E-state index contributed by atoms with van der Waals surface area (Å²) in [6.07, 6.45) is 6.27. The summed E-state index contributed by atoms with van der Waals surface area (Å²) in [6.45, 7) is 0.919. The van der Waals surface area contributed by atoms with Gasteiger partial charge in [0.05, 0.1) is 16.7 Å². The summed E-state index contributed by atoms with van der Waals surface area (Å²) in [4.78, 5) is 10.8. The lowest BCUT2D eigenvalue weighted by Crippen LogP contribution is -2.36. The van der Waals surface area contributed by atoms with Crippen molar-refractivity contribution in [2.24, 2.45) is 9.98 Å². The molecule has 1 spiro atoms. The lowest BCUT2D eigenvalue weighted by atomic mass is 10.2. The average molecular weight is 226 g/mol. The van der Waals surface area contributed by atoms with E-state index in [-0.39, 0.29) is 0 Å². The first kappa shape index (κ1) is 6.83. The van der Waals surface area contributed by atoms with Gasteiger partial charge in [0.2, 0.25) is 5.96 Å². The number of hydrogen-bond acceptors (Lipinski definition) is 3. The highest BCUT2D eigenvalue weighted by molar-refractivity contribution is 9.11. The van der Waals surface area contributed by atoms with Gasteiger partial charge in [0.15, 0.2) is 0 Å². The highest BCUT2D eigenvalue weighted by atomic mass is 79.9. The van der Waals surface area contributed by atoms with Crippen LogP contribution in [-0.4, -0.2) is 29.2 Å². The molecule has 0 atom stereocenters. The minimum Gasteiger partial charge on any atom is -0.297 e. The molecule has 1 fully saturated rings. The molecule has 0 aromatic rings. The Balaban J connectivity index is 2.07. The minimum atomic E-state index is 0.308. The second kappa shape index (κ2) is 1.99. The monoisotopic (exact) mass is 225 g/mol. The van der Waals surface area contributed by atoms with Crippen LogP contribution in [0, 0.1) is 0 Å². The third kappa shape index (κ3) is 0.710. The van der Waals surface area contributed by atoms with E-state index < -0.39 is 0 Å². The Kier molecular flexibility index (Phi) is 1.13. The third-order valence-electron chi connectivity index (χ3n) is 2.63. The molecule has 3 rings (SSSR count). The fourth-order valence-electron chi connectivity index (χ4n) is 1.76. The molecule has 0 aromatic heterocycles. The van der Waals surface area contributed by atoms with Crippen molar-refractivity contribution < 1.29 is 0 Å². The molecule has 4 heteroatoms. The van der Waals surface area contributed by atoms with Crippen molar-refractivity contribution in [2.75, 3.05) is 6.54 Å². The number of allylic oxidation sites excluding steroid dienone is 1. The fourth-order valence-corrected chi connectivity index (χ4v) is 2.41. The number of nitrogens with zero attached hydrogens (tertiary/aromatic N) is 3. The molecular formula is C8H8BrN3. The summed E-state index contributed by atoms with van der Waals surface area (Å²) in [6, 6.07) is 0. The van der Waals surface area contributed by atoms with Crippen LogP contribution in [0.4, 0.5) is 0 Å². The van der Waals surface area contributed by atoms with Gasteiger partial charge < -0.3 is 0 Å². The molecule has 0 unspecified atom stereocenters.